The fraction of sp³-hybridized carbons (Fsp3) is 0.875. The monoisotopic (exact) mass is 328 g/mol. The van der Waals surface area contributed by atoms with Crippen molar-refractivity contribution in [3.8, 4) is 0 Å². The molecule has 22 heavy (non-hydrogen) atoms. The van der Waals surface area contributed by atoms with Gasteiger partial charge in [-0.3, -0.25) is 9.59 Å². The van der Waals surface area contributed by atoms with Crippen molar-refractivity contribution in [2.75, 3.05) is 44.3 Å². The molecule has 0 spiro atoms. The predicted octanol–water partition coefficient (Wildman–Crippen LogP) is 1.76. The molecule has 5 nitrogen and oxygen atoms in total. The number of hydrogen-bond acceptors (Lipinski definition) is 5. The van der Waals surface area contributed by atoms with Crippen LogP contribution in [0.1, 0.15) is 39.0 Å². The molecule has 2 heterocycles. The van der Waals surface area contributed by atoms with Gasteiger partial charge in [0.05, 0.1) is 19.1 Å². The van der Waals surface area contributed by atoms with Crippen LogP contribution in [-0.2, 0) is 14.3 Å². The fourth-order valence-electron chi connectivity index (χ4n) is 3.16. The van der Waals surface area contributed by atoms with Gasteiger partial charge in [-0.25, -0.2) is 0 Å². The van der Waals surface area contributed by atoms with Crippen molar-refractivity contribution >= 4 is 23.6 Å². The molecule has 1 amide bonds. The second-order valence-corrected chi connectivity index (χ2v) is 7.13. The van der Waals surface area contributed by atoms with Gasteiger partial charge in [-0.05, 0) is 45.0 Å². The quantitative estimate of drug-likeness (QED) is 0.696. The van der Waals surface area contributed by atoms with E-state index in [0.717, 1.165) is 44.1 Å². The van der Waals surface area contributed by atoms with Gasteiger partial charge in [0, 0.05) is 25.3 Å². The molecule has 0 aromatic rings. The Kier molecular flexibility index (Phi) is 7.52. The lowest BCUT2D eigenvalue weighted by molar-refractivity contribution is -0.146. The van der Waals surface area contributed by atoms with Crippen molar-refractivity contribution in [3.63, 3.8) is 0 Å². The van der Waals surface area contributed by atoms with Crippen LogP contribution < -0.4 is 0 Å². The van der Waals surface area contributed by atoms with E-state index in [-0.39, 0.29) is 24.7 Å². The molecule has 126 valence electrons. The Labute approximate surface area is 137 Å². The largest absolute Gasteiger partial charge is 0.466 e. The minimum atomic E-state index is -0.267. The first-order valence-electron chi connectivity index (χ1n) is 8.46. The fourth-order valence-corrected chi connectivity index (χ4v) is 4.21. The molecule has 0 radical (unpaired) electrons. The summed E-state index contributed by atoms with van der Waals surface area (Å²) in [6, 6.07) is 0.292. The van der Waals surface area contributed by atoms with E-state index in [0.29, 0.717) is 12.6 Å². The first-order valence-corrected chi connectivity index (χ1v) is 9.61. The summed E-state index contributed by atoms with van der Waals surface area (Å²) in [5, 5.41) is 0. The highest BCUT2D eigenvalue weighted by atomic mass is 32.2. The predicted molar refractivity (Wildman–Crippen MR) is 89.0 cm³/mol. The lowest BCUT2D eigenvalue weighted by Crippen LogP contribution is -2.47. The standard InChI is InChI=1S/C16H28N2O3S/c1-2-21-16(20)7-6-15(19)18-10-5-11-22-13-14(18)12-17-8-3-4-9-17/h14H,2-13H2,1H3. The number of ether oxygens (including phenoxy) is 1. The highest BCUT2D eigenvalue weighted by molar-refractivity contribution is 7.99. The van der Waals surface area contributed by atoms with Gasteiger partial charge in [0.15, 0.2) is 0 Å². The van der Waals surface area contributed by atoms with E-state index in [1.165, 1.54) is 12.8 Å². The van der Waals surface area contributed by atoms with Gasteiger partial charge in [0.2, 0.25) is 5.91 Å². The summed E-state index contributed by atoms with van der Waals surface area (Å²) < 4.78 is 4.92. The third-order valence-electron chi connectivity index (χ3n) is 4.27. The van der Waals surface area contributed by atoms with E-state index in [2.05, 4.69) is 4.90 Å². The van der Waals surface area contributed by atoms with Crippen LogP contribution in [0.2, 0.25) is 0 Å². The molecule has 0 saturated carbocycles. The first-order chi connectivity index (χ1) is 10.7. The van der Waals surface area contributed by atoms with Crippen molar-refractivity contribution in [1.29, 1.82) is 0 Å². The first kappa shape index (κ1) is 17.6. The SMILES string of the molecule is CCOC(=O)CCC(=O)N1CCCSCC1CN1CCCC1. The molecule has 2 fully saturated rings. The summed E-state index contributed by atoms with van der Waals surface area (Å²) in [6.45, 7) is 6.30. The number of amides is 1. The van der Waals surface area contributed by atoms with Crippen molar-refractivity contribution < 1.29 is 14.3 Å². The molecule has 1 atom stereocenters. The minimum absolute atomic E-state index is 0.111. The Morgan fingerprint density at radius 1 is 1.14 bits per heavy atom. The van der Waals surface area contributed by atoms with Crippen molar-refractivity contribution in [1.82, 2.24) is 9.80 Å². The smallest absolute Gasteiger partial charge is 0.306 e. The van der Waals surface area contributed by atoms with Crippen LogP contribution in [0.25, 0.3) is 0 Å². The average Bonchev–Trinajstić information content (AvgIpc) is 2.90. The van der Waals surface area contributed by atoms with Crippen LogP contribution in [0.15, 0.2) is 0 Å². The Balaban J connectivity index is 1.87. The number of esters is 1. The van der Waals surface area contributed by atoms with Gasteiger partial charge in [0.1, 0.15) is 0 Å². The lowest BCUT2D eigenvalue weighted by Gasteiger charge is -2.32. The zero-order valence-electron chi connectivity index (χ0n) is 13.6. The van der Waals surface area contributed by atoms with E-state index in [4.69, 9.17) is 4.74 Å². The number of thioether (sulfide) groups is 1. The highest BCUT2D eigenvalue weighted by Crippen LogP contribution is 2.20. The minimum Gasteiger partial charge on any atom is -0.466 e. The molecule has 2 aliphatic rings. The van der Waals surface area contributed by atoms with Gasteiger partial charge < -0.3 is 14.5 Å². The number of carbonyl (C=O) groups is 2. The molecule has 0 aromatic carbocycles. The summed E-state index contributed by atoms with van der Waals surface area (Å²) in [5.74, 6) is 1.98. The molecule has 2 aliphatic heterocycles. The van der Waals surface area contributed by atoms with E-state index in [1.54, 1.807) is 6.92 Å². The van der Waals surface area contributed by atoms with Crippen LogP contribution in [0.5, 0.6) is 0 Å². The molecular weight excluding hydrogens is 300 g/mol. The van der Waals surface area contributed by atoms with Crippen LogP contribution >= 0.6 is 11.8 Å². The van der Waals surface area contributed by atoms with Gasteiger partial charge in [-0.15, -0.1) is 0 Å². The van der Waals surface area contributed by atoms with Crippen LogP contribution in [0.3, 0.4) is 0 Å². The average molecular weight is 328 g/mol. The van der Waals surface area contributed by atoms with Gasteiger partial charge in [-0.2, -0.15) is 11.8 Å². The third-order valence-corrected chi connectivity index (χ3v) is 5.47. The molecule has 6 heteroatoms. The zero-order valence-corrected chi connectivity index (χ0v) is 14.4. The number of hydrogen-bond donors (Lipinski definition) is 0. The molecule has 0 bridgehead atoms. The van der Waals surface area contributed by atoms with E-state index >= 15 is 0 Å². The highest BCUT2D eigenvalue weighted by Gasteiger charge is 2.28. The second kappa shape index (κ2) is 9.40. The Morgan fingerprint density at radius 2 is 1.91 bits per heavy atom. The Bertz CT molecular complexity index is 372. The number of rotatable bonds is 6. The van der Waals surface area contributed by atoms with E-state index in [1.807, 2.05) is 16.7 Å². The maximum Gasteiger partial charge on any atom is 0.306 e. The van der Waals surface area contributed by atoms with Crippen molar-refractivity contribution in [2.45, 2.75) is 45.1 Å². The molecule has 0 N–H and O–H groups in total. The second-order valence-electron chi connectivity index (χ2n) is 5.98. The summed E-state index contributed by atoms with van der Waals surface area (Å²) >= 11 is 1.95. The Morgan fingerprint density at radius 3 is 2.64 bits per heavy atom. The Hall–Kier alpha value is -0.750. The maximum atomic E-state index is 12.5. The molecule has 0 aromatic heterocycles. The van der Waals surface area contributed by atoms with Crippen LogP contribution in [-0.4, -0.2) is 72.0 Å². The molecule has 1 unspecified atom stereocenters. The summed E-state index contributed by atoms with van der Waals surface area (Å²) in [6.07, 6.45) is 4.08. The summed E-state index contributed by atoms with van der Waals surface area (Å²) in [4.78, 5) is 28.5. The number of likely N-dealkylation sites (tertiary alicyclic amines) is 1. The third kappa shape index (κ3) is 5.47. The maximum absolute atomic E-state index is 12.5. The van der Waals surface area contributed by atoms with Crippen molar-refractivity contribution in [2.24, 2.45) is 0 Å². The van der Waals surface area contributed by atoms with Gasteiger partial charge in [0.25, 0.3) is 0 Å². The number of nitrogens with zero attached hydrogens (tertiary/aromatic N) is 2. The molecular formula is C16H28N2O3S. The lowest BCUT2D eigenvalue weighted by atomic mass is 10.2. The molecule has 0 aliphatic carbocycles. The van der Waals surface area contributed by atoms with Crippen LogP contribution in [0, 0.1) is 0 Å². The van der Waals surface area contributed by atoms with E-state index < -0.39 is 0 Å². The van der Waals surface area contributed by atoms with Gasteiger partial charge in [-0.1, -0.05) is 0 Å². The number of carbonyl (C=O) groups excluding carboxylic acids is 2. The topological polar surface area (TPSA) is 49.9 Å². The van der Waals surface area contributed by atoms with E-state index in [9.17, 15) is 9.59 Å². The van der Waals surface area contributed by atoms with Gasteiger partial charge >= 0.3 is 5.97 Å². The summed E-state index contributed by atoms with van der Waals surface area (Å²) in [7, 11) is 0. The van der Waals surface area contributed by atoms with Crippen molar-refractivity contribution in [3.05, 3.63) is 0 Å². The van der Waals surface area contributed by atoms with Crippen LogP contribution in [0.4, 0.5) is 0 Å². The normalized spacial score (nSPS) is 23.3. The zero-order chi connectivity index (χ0) is 15.8. The summed E-state index contributed by atoms with van der Waals surface area (Å²) in [5.41, 5.74) is 0. The molecule has 2 saturated heterocycles. The molecule has 2 rings (SSSR count).